The third kappa shape index (κ3) is 7.53. The molecule has 9 aromatic carbocycles. The van der Waals surface area contributed by atoms with E-state index in [1.165, 1.54) is 83.5 Å². The molecule has 3 unspecified atom stereocenters. The molecule has 0 fully saturated rings. The third-order valence-electron chi connectivity index (χ3n) is 19.1. The maximum Gasteiger partial charge on any atom is 0.132 e. The van der Waals surface area contributed by atoms with Crippen LogP contribution in [-0.2, 0) is 27.1 Å². The molecule has 3 nitrogen and oxygen atoms in total. The average Bonchev–Trinajstić information content (AvgIpc) is 1.94. The van der Waals surface area contributed by atoms with E-state index in [1.807, 2.05) is 0 Å². The van der Waals surface area contributed by atoms with E-state index in [4.69, 9.17) is 9.47 Å². The Balaban J connectivity index is 1.02. The van der Waals surface area contributed by atoms with Gasteiger partial charge in [-0.15, -0.1) is 0 Å². The van der Waals surface area contributed by atoms with Crippen LogP contribution in [0.15, 0.2) is 218 Å². The largest absolute Gasteiger partial charge is 0.457 e. The first-order chi connectivity index (χ1) is 39.1. The van der Waals surface area contributed by atoms with E-state index in [2.05, 4.69) is 301 Å². The molecule has 0 aromatic heterocycles. The predicted octanol–water partition coefficient (Wildman–Crippen LogP) is 21.0. The van der Waals surface area contributed by atoms with Gasteiger partial charge in [0.1, 0.15) is 23.0 Å². The molecule has 3 atom stereocenters. The predicted molar refractivity (Wildman–Crippen MR) is 341 cm³/mol. The molecule has 0 saturated carbocycles. The van der Waals surface area contributed by atoms with Crippen molar-refractivity contribution in [2.45, 2.75) is 117 Å². The van der Waals surface area contributed by atoms with Crippen LogP contribution in [0.4, 0.5) is 17.1 Å². The Labute approximate surface area is 487 Å². The summed E-state index contributed by atoms with van der Waals surface area (Å²) in [7, 11) is 0. The molecular formula is C79H75NO2. The van der Waals surface area contributed by atoms with Gasteiger partial charge in [-0.2, -0.15) is 0 Å². The Bertz CT molecular complexity index is 4120. The van der Waals surface area contributed by atoms with Crippen molar-refractivity contribution in [1.82, 2.24) is 0 Å². The van der Waals surface area contributed by atoms with Crippen LogP contribution in [0.5, 0.6) is 17.2 Å². The zero-order chi connectivity index (χ0) is 57.0. The molecule has 3 aliphatic carbocycles. The lowest BCUT2D eigenvalue weighted by Gasteiger charge is -2.48. The molecule has 0 saturated heterocycles. The van der Waals surface area contributed by atoms with Crippen LogP contribution in [0.1, 0.15) is 146 Å². The fourth-order valence-electron chi connectivity index (χ4n) is 15.1. The Morgan fingerprint density at radius 1 is 0.378 bits per heavy atom. The monoisotopic (exact) mass is 1070 g/mol. The van der Waals surface area contributed by atoms with E-state index >= 15 is 0 Å². The first kappa shape index (κ1) is 52.0. The quantitative estimate of drug-likeness (QED) is 0.175. The number of anilines is 3. The highest BCUT2D eigenvalue weighted by Gasteiger charge is 2.56. The highest BCUT2D eigenvalue weighted by Crippen LogP contribution is 2.67. The first-order valence-corrected chi connectivity index (χ1v) is 29.8. The van der Waals surface area contributed by atoms with Gasteiger partial charge in [0.05, 0.1) is 16.5 Å². The summed E-state index contributed by atoms with van der Waals surface area (Å²) in [6.07, 6.45) is 4.72. The van der Waals surface area contributed by atoms with Crippen LogP contribution in [-0.4, -0.2) is 0 Å². The lowest BCUT2D eigenvalue weighted by atomic mass is 9.57. The summed E-state index contributed by atoms with van der Waals surface area (Å²) in [6, 6.07) is 74.0. The van der Waals surface area contributed by atoms with Gasteiger partial charge < -0.3 is 14.4 Å². The van der Waals surface area contributed by atoms with E-state index in [0.29, 0.717) is 5.92 Å². The van der Waals surface area contributed by atoms with Gasteiger partial charge in [-0.3, -0.25) is 0 Å². The Morgan fingerprint density at radius 2 is 0.841 bits per heavy atom. The lowest BCUT2D eigenvalue weighted by Crippen LogP contribution is -2.42. The number of para-hydroxylation sites is 2. The van der Waals surface area contributed by atoms with Crippen molar-refractivity contribution >= 4 is 17.1 Å². The van der Waals surface area contributed by atoms with Gasteiger partial charge in [-0.25, -0.2) is 0 Å². The normalized spacial score (nSPS) is 18.8. The molecule has 9 aromatic rings. The second-order valence-electron chi connectivity index (χ2n) is 28.2. The lowest BCUT2D eigenvalue weighted by molar-refractivity contribution is 0.216. The number of nitrogens with zero attached hydrogens (tertiary/aromatic N) is 1. The minimum Gasteiger partial charge on any atom is -0.457 e. The number of fused-ring (bicyclic) bond motifs is 17. The number of hydrogen-bond acceptors (Lipinski definition) is 3. The molecule has 2 spiro atoms. The van der Waals surface area contributed by atoms with Crippen molar-refractivity contribution in [2.75, 3.05) is 4.90 Å². The molecule has 408 valence electrons. The average molecular weight is 1070 g/mol. The van der Waals surface area contributed by atoms with Crippen LogP contribution in [0, 0.1) is 17.3 Å². The third-order valence-corrected chi connectivity index (χ3v) is 19.1. The Kier molecular flexibility index (Phi) is 11.4. The number of ether oxygens (including phenoxy) is 2. The van der Waals surface area contributed by atoms with Gasteiger partial charge in [0.15, 0.2) is 0 Å². The van der Waals surface area contributed by atoms with Gasteiger partial charge >= 0.3 is 0 Å². The zero-order valence-electron chi connectivity index (χ0n) is 50.0. The SMILES string of the molecule is CC1C2=C(C=CC1C(C)(C)C)Oc1ccc(C(C)(C)C)cc1C21c2ccccc2-c2ccc(-c3ccccc3N(c3ccccc3)c3ccc4c(c3)C3(c5cc(C(C)(C)C)ccc5Oc5ccc(C(C)(C)C)cc53)c3ccccc3-4)cc21. The topological polar surface area (TPSA) is 21.7 Å². The molecular weight excluding hydrogens is 995 g/mol. The Morgan fingerprint density at radius 3 is 1.40 bits per heavy atom. The van der Waals surface area contributed by atoms with Crippen molar-refractivity contribution in [3.63, 3.8) is 0 Å². The second-order valence-corrected chi connectivity index (χ2v) is 28.2. The number of benzene rings is 9. The van der Waals surface area contributed by atoms with Crippen LogP contribution in [0.2, 0.25) is 0 Å². The van der Waals surface area contributed by atoms with Gasteiger partial charge in [-0.1, -0.05) is 217 Å². The summed E-state index contributed by atoms with van der Waals surface area (Å²) >= 11 is 0. The van der Waals surface area contributed by atoms with Crippen LogP contribution >= 0.6 is 0 Å². The van der Waals surface area contributed by atoms with E-state index in [0.717, 1.165) is 51.2 Å². The van der Waals surface area contributed by atoms with E-state index in [1.54, 1.807) is 0 Å². The molecule has 0 radical (unpaired) electrons. The van der Waals surface area contributed by atoms with Crippen molar-refractivity contribution in [3.05, 3.63) is 273 Å². The van der Waals surface area contributed by atoms with Crippen LogP contribution < -0.4 is 14.4 Å². The maximum absolute atomic E-state index is 7.17. The van der Waals surface area contributed by atoms with Crippen molar-refractivity contribution in [1.29, 1.82) is 0 Å². The molecule has 0 N–H and O–H groups in total. The molecule has 82 heavy (non-hydrogen) atoms. The van der Waals surface area contributed by atoms with E-state index in [9.17, 15) is 0 Å². The van der Waals surface area contributed by atoms with Gasteiger partial charge in [0.2, 0.25) is 0 Å². The molecule has 14 rings (SSSR count). The molecule has 3 heteroatoms. The summed E-state index contributed by atoms with van der Waals surface area (Å²) in [5, 5.41) is 0. The summed E-state index contributed by atoms with van der Waals surface area (Å²) in [6.45, 7) is 30.5. The van der Waals surface area contributed by atoms with Crippen molar-refractivity contribution < 1.29 is 9.47 Å². The zero-order valence-corrected chi connectivity index (χ0v) is 50.0. The summed E-state index contributed by atoms with van der Waals surface area (Å²) in [5.74, 6) is 4.17. The molecule has 0 bridgehead atoms. The molecule has 0 amide bonds. The highest BCUT2D eigenvalue weighted by atomic mass is 16.5. The maximum atomic E-state index is 7.17. The smallest absolute Gasteiger partial charge is 0.132 e. The standard InChI is InChI=1S/C79H75NO2/c1-48-60(77(11,12)13)38-42-72-73(48)79(67-46-52(76(8,9)10)34-41-71(67)82-72)62-29-21-18-27-57(62)58-36-31-49(43-63(58)79)55-25-19-22-30-68(55)80(53-23-15-14-16-24-53)54-35-37-59-56-26-17-20-28-61(56)78(64(59)47-54)65-44-50(74(2,3)4)32-39-69(65)81-70-40-33-51(45-66(70)78)75(5,6)7/h14-48,60H,1-13H3. The van der Waals surface area contributed by atoms with Gasteiger partial charge in [0, 0.05) is 33.6 Å². The van der Waals surface area contributed by atoms with Crippen molar-refractivity contribution in [3.8, 4) is 50.6 Å². The minimum absolute atomic E-state index is 0.0219. The fourth-order valence-corrected chi connectivity index (χ4v) is 15.1. The summed E-state index contributed by atoms with van der Waals surface area (Å²) < 4.78 is 14.2. The minimum atomic E-state index is -0.684. The van der Waals surface area contributed by atoms with Crippen LogP contribution in [0.25, 0.3) is 33.4 Å². The number of allylic oxidation sites excluding steroid dienone is 3. The fraction of sp³-hybridized carbons (Fsp3) is 0.266. The Hall–Kier alpha value is -8.14. The summed E-state index contributed by atoms with van der Waals surface area (Å²) in [4.78, 5) is 2.50. The van der Waals surface area contributed by atoms with Crippen molar-refractivity contribution in [2.24, 2.45) is 17.3 Å². The molecule has 2 heterocycles. The van der Waals surface area contributed by atoms with E-state index in [-0.39, 0.29) is 27.6 Å². The first-order valence-electron chi connectivity index (χ1n) is 29.8. The number of hydrogen-bond donors (Lipinski definition) is 0. The van der Waals surface area contributed by atoms with Crippen LogP contribution in [0.3, 0.4) is 0 Å². The van der Waals surface area contributed by atoms with Gasteiger partial charge in [0.25, 0.3) is 0 Å². The summed E-state index contributed by atoms with van der Waals surface area (Å²) in [5.41, 5.74) is 23.1. The molecule has 2 aliphatic heterocycles. The second kappa shape index (κ2) is 17.9. The number of rotatable bonds is 4. The van der Waals surface area contributed by atoms with E-state index < -0.39 is 10.8 Å². The highest BCUT2D eigenvalue weighted by molar-refractivity contribution is 5.96. The molecule has 5 aliphatic rings. The van der Waals surface area contributed by atoms with Gasteiger partial charge in [-0.05, 0) is 185 Å².